The lowest BCUT2D eigenvalue weighted by Crippen LogP contribution is -2.14. The number of benzene rings is 1. The first-order valence-electron chi connectivity index (χ1n) is 5.17. The maximum absolute atomic E-state index is 13.2. The molecule has 0 fully saturated rings. The Labute approximate surface area is 120 Å². The zero-order valence-corrected chi connectivity index (χ0v) is 11.2. The van der Waals surface area contributed by atoms with E-state index in [1.165, 1.54) is 6.07 Å². The molecule has 2 N–H and O–H groups in total. The molecule has 0 spiro atoms. The highest BCUT2D eigenvalue weighted by Gasteiger charge is 2.19. The summed E-state index contributed by atoms with van der Waals surface area (Å²) in [6.07, 6.45) is 0. The van der Waals surface area contributed by atoms with Crippen LogP contribution < -0.4 is 5.32 Å². The average Bonchev–Trinajstić information content (AvgIpc) is 2.79. The number of hydrogen-bond donors (Lipinski definition) is 2. The third-order valence-electron chi connectivity index (χ3n) is 2.36. The first kappa shape index (κ1) is 14.4. The van der Waals surface area contributed by atoms with Gasteiger partial charge < -0.3 is 10.4 Å². The lowest BCUT2D eigenvalue weighted by molar-refractivity contribution is 0.0697. The molecule has 0 bridgehead atoms. The van der Waals surface area contributed by atoms with Crippen LogP contribution in [0.15, 0.2) is 23.6 Å². The maximum atomic E-state index is 13.2. The van der Waals surface area contributed by atoms with Crippen LogP contribution in [0.1, 0.15) is 20.0 Å². The van der Waals surface area contributed by atoms with Crippen LogP contribution in [-0.4, -0.2) is 17.0 Å². The van der Waals surface area contributed by atoms with Crippen molar-refractivity contribution in [1.29, 1.82) is 0 Å². The van der Waals surface area contributed by atoms with Crippen molar-refractivity contribution in [1.82, 2.24) is 0 Å². The average molecular weight is 318 g/mol. The molecule has 1 heterocycles. The predicted molar refractivity (Wildman–Crippen MR) is 70.6 cm³/mol. The van der Waals surface area contributed by atoms with E-state index in [9.17, 15) is 18.4 Å². The van der Waals surface area contributed by atoms with Crippen LogP contribution in [0.4, 0.5) is 14.5 Å². The highest BCUT2D eigenvalue weighted by atomic mass is 35.5. The summed E-state index contributed by atoms with van der Waals surface area (Å²) in [4.78, 5) is 23.0. The molecule has 0 saturated heterocycles. The molecule has 20 heavy (non-hydrogen) atoms. The fourth-order valence-corrected chi connectivity index (χ4v) is 2.50. The number of nitrogens with one attached hydrogen (secondary N) is 1. The summed E-state index contributed by atoms with van der Waals surface area (Å²) in [6, 6.07) is 2.60. The van der Waals surface area contributed by atoms with Gasteiger partial charge in [-0.05, 0) is 17.5 Å². The number of thiophene rings is 1. The van der Waals surface area contributed by atoms with Gasteiger partial charge in [0, 0.05) is 6.07 Å². The third-order valence-corrected chi connectivity index (χ3v) is 3.70. The van der Waals surface area contributed by atoms with Gasteiger partial charge in [0.05, 0.1) is 16.3 Å². The fourth-order valence-electron chi connectivity index (χ4n) is 1.46. The van der Waals surface area contributed by atoms with Crippen molar-refractivity contribution in [3.63, 3.8) is 0 Å². The van der Waals surface area contributed by atoms with E-state index in [1.54, 1.807) is 5.38 Å². The van der Waals surface area contributed by atoms with Gasteiger partial charge in [-0.2, -0.15) is 0 Å². The molecule has 0 aliphatic heterocycles. The zero-order valence-electron chi connectivity index (χ0n) is 9.62. The predicted octanol–water partition coefficient (Wildman–Crippen LogP) is 3.63. The topological polar surface area (TPSA) is 66.4 Å². The van der Waals surface area contributed by atoms with Crippen LogP contribution in [0.2, 0.25) is 5.02 Å². The number of carbonyl (C=O) groups excluding carboxylic acids is 1. The van der Waals surface area contributed by atoms with Crippen molar-refractivity contribution in [3.8, 4) is 0 Å². The van der Waals surface area contributed by atoms with Crippen molar-refractivity contribution in [2.24, 2.45) is 0 Å². The molecular formula is C12H6ClF2NO3S. The van der Waals surface area contributed by atoms with E-state index in [1.807, 2.05) is 0 Å². The van der Waals surface area contributed by atoms with Gasteiger partial charge in [-0.3, -0.25) is 4.79 Å². The van der Waals surface area contributed by atoms with Crippen LogP contribution in [0, 0.1) is 11.6 Å². The summed E-state index contributed by atoms with van der Waals surface area (Å²) >= 11 is 6.80. The van der Waals surface area contributed by atoms with E-state index in [4.69, 9.17) is 16.7 Å². The van der Waals surface area contributed by atoms with Gasteiger partial charge in [0.1, 0.15) is 4.88 Å². The second kappa shape index (κ2) is 5.56. The lowest BCUT2D eigenvalue weighted by Gasteiger charge is -2.08. The second-order valence-corrected chi connectivity index (χ2v) is 4.99. The van der Waals surface area contributed by atoms with E-state index < -0.39 is 29.1 Å². The van der Waals surface area contributed by atoms with Crippen molar-refractivity contribution < 1.29 is 23.5 Å². The van der Waals surface area contributed by atoms with E-state index in [2.05, 4.69) is 5.32 Å². The van der Waals surface area contributed by atoms with Crippen molar-refractivity contribution in [3.05, 3.63) is 50.7 Å². The fraction of sp³-hybridized carbons (Fsp3) is 0. The number of aromatic carboxylic acids is 1. The number of anilines is 1. The van der Waals surface area contributed by atoms with Gasteiger partial charge in [-0.15, -0.1) is 11.3 Å². The smallest absolute Gasteiger partial charge is 0.337 e. The first-order valence-corrected chi connectivity index (χ1v) is 6.42. The molecule has 2 aromatic rings. The Kier molecular flexibility index (Phi) is 4.01. The van der Waals surface area contributed by atoms with Gasteiger partial charge in [0.25, 0.3) is 5.91 Å². The van der Waals surface area contributed by atoms with E-state index >= 15 is 0 Å². The molecule has 1 aromatic carbocycles. The second-order valence-electron chi connectivity index (χ2n) is 3.67. The van der Waals surface area contributed by atoms with Crippen LogP contribution in [0.25, 0.3) is 0 Å². The van der Waals surface area contributed by atoms with Crippen molar-refractivity contribution >= 4 is 40.5 Å². The molecule has 2 rings (SSSR count). The molecule has 0 aliphatic rings. The number of hydrogen-bond acceptors (Lipinski definition) is 3. The molecule has 4 nitrogen and oxygen atoms in total. The highest BCUT2D eigenvalue weighted by Crippen LogP contribution is 2.25. The van der Waals surface area contributed by atoms with Crippen LogP contribution in [-0.2, 0) is 0 Å². The normalized spacial score (nSPS) is 10.3. The summed E-state index contributed by atoms with van der Waals surface area (Å²) in [6.45, 7) is 0. The van der Waals surface area contributed by atoms with Gasteiger partial charge >= 0.3 is 5.97 Å². The van der Waals surface area contributed by atoms with Gasteiger partial charge in [-0.25, -0.2) is 13.6 Å². The first-order chi connectivity index (χ1) is 9.40. The maximum Gasteiger partial charge on any atom is 0.337 e. The Balaban J connectivity index is 2.38. The van der Waals surface area contributed by atoms with E-state index in [0.717, 1.165) is 11.3 Å². The van der Waals surface area contributed by atoms with Crippen molar-refractivity contribution in [2.45, 2.75) is 0 Å². The number of carbonyl (C=O) groups is 2. The van der Waals surface area contributed by atoms with E-state index in [-0.39, 0.29) is 15.6 Å². The number of carboxylic acid groups (broad SMARTS) is 1. The molecule has 0 radical (unpaired) electrons. The van der Waals surface area contributed by atoms with Crippen molar-refractivity contribution in [2.75, 3.05) is 5.32 Å². The Hall–Kier alpha value is -1.99. The standard InChI is InChI=1S/C12H6ClF2NO3S/c13-6-1-2-20-10(6)11(17)16-9-4-8(15)7(14)3-5(9)12(18)19/h1-4H,(H,16,17)(H,18,19). The molecule has 1 aromatic heterocycles. The summed E-state index contributed by atoms with van der Waals surface area (Å²) in [5.41, 5.74) is -0.893. The quantitative estimate of drug-likeness (QED) is 0.908. The molecule has 104 valence electrons. The number of carboxylic acids is 1. The summed E-state index contributed by atoms with van der Waals surface area (Å²) < 4.78 is 26.2. The summed E-state index contributed by atoms with van der Waals surface area (Å²) in [5.74, 6) is -4.76. The Bertz CT molecular complexity index is 702. The van der Waals surface area contributed by atoms with E-state index in [0.29, 0.717) is 12.1 Å². The molecule has 8 heteroatoms. The van der Waals surface area contributed by atoms with Crippen LogP contribution >= 0.6 is 22.9 Å². The molecule has 0 unspecified atom stereocenters. The molecule has 0 saturated carbocycles. The zero-order chi connectivity index (χ0) is 14.9. The molecule has 0 aliphatic carbocycles. The van der Waals surface area contributed by atoms with Gasteiger partial charge in [0.15, 0.2) is 11.6 Å². The summed E-state index contributed by atoms with van der Waals surface area (Å²) in [5, 5.41) is 12.9. The highest BCUT2D eigenvalue weighted by molar-refractivity contribution is 7.12. The molecular weight excluding hydrogens is 312 g/mol. The summed E-state index contributed by atoms with van der Waals surface area (Å²) in [7, 11) is 0. The Morgan fingerprint density at radius 1 is 1.25 bits per heavy atom. The number of amides is 1. The molecule has 0 atom stereocenters. The SMILES string of the molecule is O=C(O)c1cc(F)c(F)cc1NC(=O)c1sccc1Cl. The third kappa shape index (κ3) is 2.78. The number of halogens is 3. The minimum Gasteiger partial charge on any atom is -0.478 e. The largest absolute Gasteiger partial charge is 0.478 e. The minimum absolute atomic E-state index is 0.146. The monoisotopic (exact) mass is 317 g/mol. The minimum atomic E-state index is -1.49. The van der Waals surface area contributed by atoms with Crippen LogP contribution in [0.5, 0.6) is 0 Å². The van der Waals surface area contributed by atoms with Gasteiger partial charge in [0.2, 0.25) is 0 Å². The number of rotatable bonds is 3. The Morgan fingerprint density at radius 2 is 1.90 bits per heavy atom. The van der Waals surface area contributed by atoms with Gasteiger partial charge in [-0.1, -0.05) is 11.6 Å². The lowest BCUT2D eigenvalue weighted by atomic mass is 10.1. The van der Waals surface area contributed by atoms with Crippen LogP contribution in [0.3, 0.4) is 0 Å². The Morgan fingerprint density at radius 3 is 2.45 bits per heavy atom. The molecule has 1 amide bonds.